The monoisotopic (exact) mass is 150 g/mol. The summed E-state index contributed by atoms with van der Waals surface area (Å²) in [6.45, 7) is 6.23. The fraction of sp³-hybridized carbons (Fsp3) is 0.500. The van der Waals surface area contributed by atoms with E-state index in [-0.39, 0.29) is 5.78 Å². The first kappa shape index (κ1) is 8.25. The summed E-state index contributed by atoms with van der Waals surface area (Å²) in [4.78, 5) is 11.2. The molecule has 1 nitrogen and oxygen atoms in total. The Morgan fingerprint density at radius 3 is 2.55 bits per heavy atom. The van der Waals surface area contributed by atoms with Gasteiger partial charge in [0, 0.05) is 11.5 Å². The number of carbonyl (C=O) groups is 1. The largest absolute Gasteiger partial charge is 0.290 e. The van der Waals surface area contributed by atoms with Crippen LogP contribution in [0.1, 0.15) is 20.8 Å². The summed E-state index contributed by atoms with van der Waals surface area (Å²) >= 11 is 0. The van der Waals surface area contributed by atoms with Gasteiger partial charge >= 0.3 is 0 Å². The Morgan fingerprint density at radius 2 is 2.18 bits per heavy atom. The number of rotatable bonds is 1. The Labute approximate surface area is 67.8 Å². The second-order valence-corrected chi connectivity index (χ2v) is 3.38. The summed E-state index contributed by atoms with van der Waals surface area (Å²) in [5, 5.41) is 0. The summed E-state index contributed by atoms with van der Waals surface area (Å²) in [6.07, 6.45) is 5.67. The molecule has 0 spiro atoms. The molecule has 0 radical (unpaired) electrons. The summed E-state index contributed by atoms with van der Waals surface area (Å²) in [5.41, 5.74) is 0.958. The molecule has 1 aliphatic carbocycles. The number of allylic oxidation sites excluding steroid dienone is 4. The second-order valence-electron chi connectivity index (χ2n) is 3.38. The molecular formula is C10H14O. The third-order valence-electron chi connectivity index (χ3n) is 1.82. The van der Waals surface area contributed by atoms with Crippen LogP contribution < -0.4 is 0 Å². The molecular weight excluding hydrogens is 136 g/mol. The number of hydrogen-bond acceptors (Lipinski definition) is 1. The van der Waals surface area contributed by atoms with Gasteiger partial charge in [-0.1, -0.05) is 32.9 Å². The van der Waals surface area contributed by atoms with E-state index in [0.717, 1.165) is 5.57 Å². The highest BCUT2D eigenvalue weighted by molar-refractivity contribution is 6.07. The molecule has 0 fully saturated rings. The lowest BCUT2D eigenvalue weighted by atomic mass is 10.00. The Kier molecular flexibility index (Phi) is 2.28. The van der Waals surface area contributed by atoms with Crippen LogP contribution in [-0.2, 0) is 4.79 Å². The second kappa shape index (κ2) is 3.04. The Balaban J connectivity index is 2.81. The molecule has 0 aliphatic heterocycles. The zero-order valence-corrected chi connectivity index (χ0v) is 7.29. The van der Waals surface area contributed by atoms with Gasteiger partial charge in [-0.05, 0) is 12.0 Å². The minimum atomic E-state index is 0.186. The minimum absolute atomic E-state index is 0.186. The van der Waals surface area contributed by atoms with Crippen LogP contribution in [0.15, 0.2) is 23.8 Å². The lowest BCUT2D eigenvalue weighted by Gasteiger charge is -2.04. The maximum absolute atomic E-state index is 11.2. The van der Waals surface area contributed by atoms with E-state index in [0.29, 0.717) is 11.8 Å². The molecule has 60 valence electrons. The molecule has 0 heterocycles. The van der Waals surface area contributed by atoms with Gasteiger partial charge in [0.15, 0.2) is 5.78 Å². The van der Waals surface area contributed by atoms with E-state index in [9.17, 15) is 4.79 Å². The van der Waals surface area contributed by atoms with Gasteiger partial charge < -0.3 is 0 Å². The van der Waals surface area contributed by atoms with E-state index in [4.69, 9.17) is 0 Å². The number of carbonyl (C=O) groups excluding carboxylic acids is 1. The summed E-state index contributed by atoms with van der Waals surface area (Å²) in [6, 6.07) is 0. The van der Waals surface area contributed by atoms with E-state index in [1.54, 1.807) is 6.08 Å². The third-order valence-corrected chi connectivity index (χ3v) is 1.82. The van der Waals surface area contributed by atoms with Crippen molar-refractivity contribution in [2.24, 2.45) is 11.8 Å². The number of ketones is 1. The molecule has 0 saturated carbocycles. The summed E-state index contributed by atoms with van der Waals surface area (Å²) in [7, 11) is 0. The van der Waals surface area contributed by atoms with Crippen molar-refractivity contribution in [2.75, 3.05) is 0 Å². The van der Waals surface area contributed by atoms with Gasteiger partial charge in [-0.15, -0.1) is 0 Å². The van der Waals surface area contributed by atoms with Crippen molar-refractivity contribution in [1.82, 2.24) is 0 Å². The van der Waals surface area contributed by atoms with Crippen molar-refractivity contribution in [3.8, 4) is 0 Å². The van der Waals surface area contributed by atoms with Gasteiger partial charge in [0.1, 0.15) is 0 Å². The quantitative estimate of drug-likeness (QED) is 0.524. The Bertz CT molecular complexity index is 221. The molecule has 0 aromatic rings. The summed E-state index contributed by atoms with van der Waals surface area (Å²) in [5.74, 6) is 0.979. The minimum Gasteiger partial charge on any atom is -0.290 e. The highest BCUT2D eigenvalue weighted by atomic mass is 16.1. The highest BCUT2D eigenvalue weighted by Gasteiger charge is 2.18. The first-order valence-electron chi connectivity index (χ1n) is 4.05. The van der Waals surface area contributed by atoms with Gasteiger partial charge in [-0.25, -0.2) is 0 Å². The van der Waals surface area contributed by atoms with Crippen molar-refractivity contribution in [3.05, 3.63) is 23.8 Å². The highest BCUT2D eigenvalue weighted by Crippen LogP contribution is 2.21. The Hall–Kier alpha value is -0.850. The third kappa shape index (κ3) is 1.79. The van der Waals surface area contributed by atoms with E-state index in [2.05, 4.69) is 20.8 Å². The van der Waals surface area contributed by atoms with Crippen LogP contribution in [-0.4, -0.2) is 5.78 Å². The first-order chi connectivity index (χ1) is 5.11. The maximum Gasteiger partial charge on any atom is 0.181 e. The van der Waals surface area contributed by atoms with Gasteiger partial charge in [-0.3, -0.25) is 4.79 Å². The van der Waals surface area contributed by atoms with E-state index < -0.39 is 0 Å². The van der Waals surface area contributed by atoms with Gasteiger partial charge in [-0.2, -0.15) is 0 Å². The fourth-order valence-electron chi connectivity index (χ4n) is 1.25. The van der Waals surface area contributed by atoms with Gasteiger partial charge in [0.2, 0.25) is 0 Å². The molecule has 1 aliphatic rings. The van der Waals surface area contributed by atoms with Crippen LogP contribution in [0.25, 0.3) is 0 Å². The molecule has 1 heteroatoms. The van der Waals surface area contributed by atoms with Gasteiger partial charge in [0.25, 0.3) is 0 Å². The van der Waals surface area contributed by atoms with E-state index in [1.807, 2.05) is 12.2 Å². The van der Waals surface area contributed by atoms with E-state index in [1.165, 1.54) is 0 Å². The lowest BCUT2D eigenvalue weighted by Crippen LogP contribution is -2.00. The molecule has 1 rings (SSSR count). The van der Waals surface area contributed by atoms with Crippen LogP contribution in [0.5, 0.6) is 0 Å². The van der Waals surface area contributed by atoms with Crippen LogP contribution in [0.3, 0.4) is 0 Å². The first-order valence-corrected chi connectivity index (χ1v) is 4.05. The zero-order chi connectivity index (χ0) is 8.43. The Morgan fingerprint density at radius 1 is 1.55 bits per heavy atom. The molecule has 0 bridgehead atoms. The average molecular weight is 150 g/mol. The molecule has 0 aromatic carbocycles. The summed E-state index contributed by atoms with van der Waals surface area (Å²) < 4.78 is 0. The smallest absolute Gasteiger partial charge is 0.181 e. The number of hydrogen-bond donors (Lipinski definition) is 0. The maximum atomic E-state index is 11.2. The molecule has 0 saturated heterocycles. The molecule has 0 amide bonds. The predicted octanol–water partition coefficient (Wildman–Crippen LogP) is 2.34. The topological polar surface area (TPSA) is 17.1 Å². The molecule has 0 unspecified atom stereocenters. The molecule has 0 aromatic heterocycles. The molecule has 11 heavy (non-hydrogen) atoms. The van der Waals surface area contributed by atoms with Crippen LogP contribution in [0.4, 0.5) is 0 Å². The van der Waals surface area contributed by atoms with Crippen LogP contribution >= 0.6 is 0 Å². The normalized spacial score (nSPS) is 27.5. The van der Waals surface area contributed by atoms with Crippen molar-refractivity contribution < 1.29 is 4.79 Å². The average Bonchev–Trinajstić information content (AvgIpc) is 2.18. The van der Waals surface area contributed by atoms with Gasteiger partial charge in [0.05, 0.1) is 0 Å². The standard InChI is InChI=1S/C10H14O/c1-7(2)6-9-8(3)4-5-10(9)11/h4-8H,1-3H3/b9-6+/t8-/m0/s1. The van der Waals surface area contributed by atoms with Crippen molar-refractivity contribution in [3.63, 3.8) is 0 Å². The molecule has 0 N–H and O–H groups in total. The van der Waals surface area contributed by atoms with Crippen LogP contribution in [0, 0.1) is 11.8 Å². The zero-order valence-electron chi connectivity index (χ0n) is 7.29. The van der Waals surface area contributed by atoms with Crippen molar-refractivity contribution >= 4 is 5.78 Å². The SMILES string of the molecule is CC(C)/C=C1/C(=O)C=C[C@@H]1C. The van der Waals surface area contributed by atoms with Crippen molar-refractivity contribution in [1.29, 1.82) is 0 Å². The molecule has 1 atom stereocenters. The van der Waals surface area contributed by atoms with Crippen LogP contribution in [0.2, 0.25) is 0 Å². The predicted molar refractivity (Wildman–Crippen MR) is 46.2 cm³/mol. The lowest BCUT2D eigenvalue weighted by molar-refractivity contribution is -0.111. The fourth-order valence-corrected chi connectivity index (χ4v) is 1.25. The van der Waals surface area contributed by atoms with Crippen molar-refractivity contribution in [2.45, 2.75) is 20.8 Å². The van der Waals surface area contributed by atoms with E-state index >= 15 is 0 Å².